The molecule has 2 aromatic rings. The largest absolute Gasteiger partial charge is 0.477 e. The fourth-order valence-corrected chi connectivity index (χ4v) is 3.02. The SMILES string of the molecule is C[C@H](c1ccc(-c2cnn(C)c2C(=O)O)cc1)N1CCOCC1. The van der Waals surface area contributed by atoms with Crippen molar-refractivity contribution in [3.8, 4) is 11.1 Å². The van der Waals surface area contributed by atoms with Crippen LogP contribution >= 0.6 is 0 Å². The van der Waals surface area contributed by atoms with Crippen LogP contribution in [-0.2, 0) is 11.8 Å². The van der Waals surface area contributed by atoms with Gasteiger partial charge in [0, 0.05) is 31.7 Å². The summed E-state index contributed by atoms with van der Waals surface area (Å²) in [6.07, 6.45) is 1.60. The van der Waals surface area contributed by atoms with E-state index in [0.717, 1.165) is 31.9 Å². The van der Waals surface area contributed by atoms with Crippen LogP contribution in [0.5, 0.6) is 0 Å². The summed E-state index contributed by atoms with van der Waals surface area (Å²) in [6, 6.07) is 8.38. The van der Waals surface area contributed by atoms with Crippen LogP contribution in [0.3, 0.4) is 0 Å². The Morgan fingerprint density at radius 1 is 1.26 bits per heavy atom. The van der Waals surface area contributed by atoms with Gasteiger partial charge >= 0.3 is 5.97 Å². The number of carboxylic acids is 1. The molecule has 6 heteroatoms. The Morgan fingerprint density at radius 2 is 1.91 bits per heavy atom. The number of carbonyl (C=O) groups is 1. The molecule has 1 aliphatic heterocycles. The third-order valence-electron chi connectivity index (χ3n) is 4.44. The van der Waals surface area contributed by atoms with E-state index >= 15 is 0 Å². The van der Waals surface area contributed by atoms with Gasteiger partial charge in [-0.05, 0) is 18.1 Å². The first kappa shape index (κ1) is 15.7. The molecule has 1 N–H and O–H groups in total. The van der Waals surface area contributed by atoms with Crippen LogP contribution in [0.2, 0.25) is 0 Å². The van der Waals surface area contributed by atoms with Gasteiger partial charge in [-0.2, -0.15) is 5.10 Å². The zero-order valence-electron chi connectivity index (χ0n) is 13.4. The van der Waals surface area contributed by atoms with Gasteiger partial charge in [0.15, 0.2) is 5.69 Å². The van der Waals surface area contributed by atoms with E-state index in [0.29, 0.717) is 11.6 Å². The minimum Gasteiger partial charge on any atom is -0.477 e. The van der Waals surface area contributed by atoms with Crippen molar-refractivity contribution in [2.75, 3.05) is 26.3 Å². The number of hydrogen-bond donors (Lipinski definition) is 1. The normalized spacial score (nSPS) is 17.1. The number of aryl methyl sites for hydroxylation is 1. The van der Waals surface area contributed by atoms with E-state index < -0.39 is 5.97 Å². The summed E-state index contributed by atoms with van der Waals surface area (Å²) in [5, 5.41) is 13.4. The van der Waals surface area contributed by atoms with Crippen molar-refractivity contribution in [3.63, 3.8) is 0 Å². The Bertz CT molecular complexity index is 688. The Kier molecular flexibility index (Phi) is 4.45. The third-order valence-corrected chi connectivity index (χ3v) is 4.44. The van der Waals surface area contributed by atoms with Gasteiger partial charge in [-0.25, -0.2) is 4.79 Å². The lowest BCUT2D eigenvalue weighted by Crippen LogP contribution is -2.37. The van der Waals surface area contributed by atoms with Gasteiger partial charge in [-0.1, -0.05) is 24.3 Å². The highest BCUT2D eigenvalue weighted by Gasteiger charge is 2.20. The molecule has 2 heterocycles. The number of ether oxygens (including phenoxy) is 1. The van der Waals surface area contributed by atoms with Crippen molar-refractivity contribution in [2.45, 2.75) is 13.0 Å². The monoisotopic (exact) mass is 315 g/mol. The second-order valence-electron chi connectivity index (χ2n) is 5.78. The molecular formula is C17H21N3O3. The van der Waals surface area contributed by atoms with E-state index in [9.17, 15) is 9.90 Å². The molecule has 1 aliphatic rings. The molecule has 0 unspecified atom stereocenters. The Hall–Kier alpha value is -2.18. The van der Waals surface area contributed by atoms with Gasteiger partial charge in [0.25, 0.3) is 0 Å². The number of nitrogens with zero attached hydrogens (tertiary/aromatic N) is 3. The summed E-state index contributed by atoms with van der Waals surface area (Å²) >= 11 is 0. The zero-order valence-corrected chi connectivity index (χ0v) is 13.4. The molecule has 1 aromatic carbocycles. The third kappa shape index (κ3) is 3.13. The van der Waals surface area contributed by atoms with Crippen molar-refractivity contribution in [1.82, 2.24) is 14.7 Å². The van der Waals surface area contributed by atoms with Gasteiger partial charge in [0.1, 0.15) is 0 Å². The molecule has 1 saturated heterocycles. The Balaban J connectivity index is 1.83. The van der Waals surface area contributed by atoms with Crippen molar-refractivity contribution in [3.05, 3.63) is 41.7 Å². The number of aromatic carboxylic acids is 1. The number of hydrogen-bond acceptors (Lipinski definition) is 4. The van der Waals surface area contributed by atoms with Gasteiger partial charge in [-0.15, -0.1) is 0 Å². The van der Waals surface area contributed by atoms with Crippen LogP contribution in [-0.4, -0.2) is 52.1 Å². The lowest BCUT2D eigenvalue weighted by molar-refractivity contribution is 0.0198. The molecule has 0 spiro atoms. The summed E-state index contributed by atoms with van der Waals surface area (Å²) < 4.78 is 6.78. The molecule has 0 bridgehead atoms. The molecular weight excluding hydrogens is 294 g/mol. The first-order valence-corrected chi connectivity index (χ1v) is 7.75. The van der Waals surface area contributed by atoms with Gasteiger partial charge < -0.3 is 9.84 Å². The molecule has 0 saturated carbocycles. The number of aromatic nitrogens is 2. The van der Waals surface area contributed by atoms with Gasteiger partial charge in [0.2, 0.25) is 0 Å². The first-order valence-electron chi connectivity index (χ1n) is 7.75. The maximum Gasteiger partial charge on any atom is 0.354 e. The van der Waals surface area contributed by atoms with Crippen molar-refractivity contribution in [1.29, 1.82) is 0 Å². The molecule has 122 valence electrons. The predicted octanol–water partition coefficient (Wildman–Crippen LogP) is 2.18. The van der Waals surface area contributed by atoms with Crippen LogP contribution in [0.4, 0.5) is 0 Å². The van der Waals surface area contributed by atoms with E-state index in [1.54, 1.807) is 13.2 Å². The van der Waals surface area contributed by atoms with E-state index in [1.165, 1.54) is 10.2 Å². The van der Waals surface area contributed by atoms with Crippen LogP contribution < -0.4 is 0 Å². The van der Waals surface area contributed by atoms with Crippen LogP contribution in [0.15, 0.2) is 30.5 Å². The minimum absolute atomic E-state index is 0.207. The summed E-state index contributed by atoms with van der Waals surface area (Å²) in [4.78, 5) is 13.8. The Labute approximate surface area is 135 Å². The highest BCUT2D eigenvalue weighted by atomic mass is 16.5. The number of morpholine rings is 1. The smallest absolute Gasteiger partial charge is 0.354 e. The number of carboxylic acid groups (broad SMARTS) is 1. The van der Waals surface area contributed by atoms with Crippen LogP contribution in [0, 0.1) is 0 Å². The average molecular weight is 315 g/mol. The molecule has 1 atom stereocenters. The quantitative estimate of drug-likeness (QED) is 0.936. The highest BCUT2D eigenvalue weighted by molar-refractivity contribution is 5.94. The fourth-order valence-electron chi connectivity index (χ4n) is 3.02. The van der Waals surface area contributed by atoms with E-state index in [4.69, 9.17) is 4.74 Å². The van der Waals surface area contributed by atoms with E-state index in [2.05, 4.69) is 29.1 Å². The van der Waals surface area contributed by atoms with Crippen molar-refractivity contribution in [2.24, 2.45) is 7.05 Å². The van der Waals surface area contributed by atoms with Crippen LogP contribution in [0.25, 0.3) is 11.1 Å². The number of rotatable bonds is 4. The molecule has 0 radical (unpaired) electrons. The van der Waals surface area contributed by atoms with Crippen LogP contribution in [0.1, 0.15) is 29.0 Å². The molecule has 1 fully saturated rings. The zero-order chi connectivity index (χ0) is 16.4. The maximum atomic E-state index is 11.4. The standard InChI is InChI=1S/C17H21N3O3/c1-12(20-7-9-23-10-8-20)13-3-5-14(6-4-13)15-11-18-19(2)16(15)17(21)22/h3-6,11-12H,7-10H2,1-2H3,(H,21,22)/t12-/m1/s1. The molecule has 6 nitrogen and oxygen atoms in total. The summed E-state index contributed by atoms with van der Waals surface area (Å²) in [6.45, 7) is 5.62. The lowest BCUT2D eigenvalue weighted by Gasteiger charge is -2.32. The first-order chi connectivity index (χ1) is 11.1. The Morgan fingerprint density at radius 3 is 2.52 bits per heavy atom. The lowest BCUT2D eigenvalue weighted by atomic mass is 10.0. The second-order valence-corrected chi connectivity index (χ2v) is 5.78. The topological polar surface area (TPSA) is 67.6 Å². The fraction of sp³-hybridized carbons (Fsp3) is 0.412. The molecule has 0 amide bonds. The van der Waals surface area contributed by atoms with E-state index in [1.807, 2.05) is 12.1 Å². The predicted molar refractivity (Wildman–Crippen MR) is 86.4 cm³/mol. The molecule has 0 aliphatic carbocycles. The molecule has 1 aromatic heterocycles. The summed E-state index contributed by atoms with van der Waals surface area (Å²) in [5.74, 6) is -0.967. The van der Waals surface area contributed by atoms with Gasteiger partial charge in [0.05, 0.1) is 19.4 Å². The molecule has 3 rings (SSSR count). The van der Waals surface area contributed by atoms with Crippen molar-refractivity contribution < 1.29 is 14.6 Å². The highest BCUT2D eigenvalue weighted by Crippen LogP contribution is 2.27. The minimum atomic E-state index is -0.967. The molecule has 23 heavy (non-hydrogen) atoms. The van der Waals surface area contributed by atoms with E-state index in [-0.39, 0.29) is 5.69 Å². The maximum absolute atomic E-state index is 11.4. The van der Waals surface area contributed by atoms with Crippen molar-refractivity contribution >= 4 is 5.97 Å². The summed E-state index contributed by atoms with van der Waals surface area (Å²) in [5.41, 5.74) is 2.94. The average Bonchev–Trinajstić information content (AvgIpc) is 2.97. The number of benzene rings is 1. The van der Waals surface area contributed by atoms with Gasteiger partial charge in [-0.3, -0.25) is 9.58 Å². The summed E-state index contributed by atoms with van der Waals surface area (Å²) in [7, 11) is 1.64. The second kappa shape index (κ2) is 6.52.